The highest BCUT2D eigenvalue weighted by Crippen LogP contribution is 2.24. The van der Waals surface area contributed by atoms with Gasteiger partial charge in [0.05, 0.1) is 16.1 Å². The Bertz CT molecular complexity index is 614. The molecule has 1 aromatic rings. The van der Waals surface area contributed by atoms with Gasteiger partial charge in [0.15, 0.2) is 0 Å². The SMILES string of the molecule is CNCCN(C)c1ccc(S(=O)(=O)N(C)C)cc1C(=O)O. The number of carboxylic acids is 1. The van der Waals surface area contributed by atoms with Crippen molar-refractivity contribution in [2.45, 2.75) is 4.90 Å². The molecule has 0 saturated heterocycles. The van der Waals surface area contributed by atoms with E-state index in [9.17, 15) is 18.3 Å². The minimum Gasteiger partial charge on any atom is -0.478 e. The lowest BCUT2D eigenvalue weighted by Crippen LogP contribution is -2.28. The third-order valence-corrected chi connectivity index (χ3v) is 4.90. The van der Waals surface area contributed by atoms with Gasteiger partial charge < -0.3 is 15.3 Å². The number of hydrogen-bond donors (Lipinski definition) is 2. The zero-order valence-electron chi connectivity index (χ0n) is 12.6. The fourth-order valence-electron chi connectivity index (χ4n) is 1.79. The van der Waals surface area contributed by atoms with Crippen molar-refractivity contribution in [3.05, 3.63) is 23.8 Å². The molecule has 0 bridgehead atoms. The van der Waals surface area contributed by atoms with E-state index in [1.165, 1.54) is 32.3 Å². The maximum absolute atomic E-state index is 12.1. The minimum atomic E-state index is -3.65. The fraction of sp³-hybridized carbons (Fsp3) is 0.462. The van der Waals surface area contributed by atoms with Gasteiger partial charge in [-0.15, -0.1) is 0 Å². The second-order valence-corrected chi connectivity index (χ2v) is 6.95. The first-order valence-electron chi connectivity index (χ1n) is 6.37. The molecule has 0 unspecified atom stereocenters. The summed E-state index contributed by atoms with van der Waals surface area (Å²) >= 11 is 0. The standard InChI is InChI=1S/C13H21N3O4S/c1-14-7-8-16(4)12-6-5-10(9-11(12)13(17)18)21(19,20)15(2)3/h5-6,9,14H,7-8H2,1-4H3,(H,17,18). The molecule has 8 heteroatoms. The van der Waals surface area contributed by atoms with Crippen molar-refractivity contribution in [1.29, 1.82) is 0 Å². The largest absolute Gasteiger partial charge is 0.478 e. The summed E-state index contributed by atoms with van der Waals surface area (Å²) in [6.45, 7) is 1.30. The van der Waals surface area contributed by atoms with Crippen LogP contribution in [0.1, 0.15) is 10.4 Å². The monoisotopic (exact) mass is 315 g/mol. The highest BCUT2D eigenvalue weighted by Gasteiger charge is 2.22. The molecule has 7 nitrogen and oxygen atoms in total. The topological polar surface area (TPSA) is 90.0 Å². The van der Waals surface area contributed by atoms with Gasteiger partial charge in [-0.1, -0.05) is 0 Å². The Morgan fingerprint density at radius 3 is 2.38 bits per heavy atom. The molecule has 0 saturated carbocycles. The zero-order chi connectivity index (χ0) is 16.2. The Kier molecular flexibility index (Phi) is 5.70. The van der Waals surface area contributed by atoms with Crippen molar-refractivity contribution in [2.24, 2.45) is 0 Å². The molecule has 1 aromatic carbocycles. The first-order valence-corrected chi connectivity index (χ1v) is 7.81. The molecule has 0 aliphatic carbocycles. The molecule has 2 N–H and O–H groups in total. The summed E-state index contributed by atoms with van der Waals surface area (Å²) in [4.78, 5) is 13.1. The summed E-state index contributed by atoms with van der Waals surface area (Å²) in [5, 5.41) is 12.3. The Hall–Kier alpha value is -1.64. The van der Waals surface area contributed by atoms with E-state index in [1.54, 1.807) is 19.0 Å². The molecule has 0 aliphatic rings. The number of hydrogen-bond acceptors (Lipinski definition) is 5. The number of benzene rings is 1. The first kappa shape index (κ1) is 17.4. The molecular weight excluding hydrogens is 294 g/mol. The quantitative estimate of drug-likeness (QED) is 0.752. The number of nitrogens with one attached hydrogen (secondary N) is 1. The van der Waals surface area contributed by atoms with Gasteiger partial charge in [0.25, 0.3) is 0 Å². The van der Waals surface area contributed by atoms with E-state index in [1.807, 2.05) is 0 Å². The Morgan fingerprint density at radius 1 is 1.29 bits per heavy atom. The zero-order valence-corrected chi connectivity index (χ0v) is 13.4. The number of carboxylic acid groups (broad SMARTS) is 1. The van der Waals surface area contributed by atoms with Crippen molar-refractivity contribution in [1.82, 2.24) is 9.62 Å². The van der Waals surface area contributed by atoms with Crippen LogP contribution in [0, 0.1) is 0 Å². The lowest BCUT2D eigenvalue weighted by atomic mass is 10.1. The van der Waals surface area contributed by atoms with Crippen molar-refractivity contribution in [3.8, 4) is 0 Å². The average molecular weight is 315 g/mol. The molecule has 0 heterocycles. The smallest absolute Gasteiger partial charge is 0.337 e. The molecule has 0 aromatic heterocycles. The highest BCUT2D eigenvalue weighted by molar-refractivity contribution is 7.89. The number of aromatic carboxylic acids is 1. The maximum Gasteiger partial charge on any atom is 0.337 e. The van der Waals surface area contributed by atoms with Crippen LogP contribution in [-0.4, -0.2) is 65.1 Å². The van der Waals surface area contributed by atoms with Crippen molar-refractivity contribution in [3.63, 3.8) is 0 Å². The molecule has 1 rings (SSSR count). The normalized spacial score (nSPS) is 11.7. The number of carbonyl (C=O) groups is 1. The average Bonchev–Trinajstić information content (AvgIpc) is 2.43. The third kappa shape index (κ3) is 3.93. The van der Waals surface area contributed by atoms with E-state index in [4.69, 9.17) is 0 Å². The predicted molar refractivity (Wildman–Crippen MR) is 81.5 cm³/mol. The Labute approximate surface area is 125 Å². The van der Waals surface area contributed by atoms with E-state index >= 15 is 0 Å². The van der Waals surface area contributed by atoms with Gasteiger partial charge >= 0.3 is 5.97 Å². The Morgan fingerprint density at radius 2 is 1.90 bits per heavy atom. The van der Waals surface area contributed by atoms with Crippen molar-refractivity contribution >= 4 is 21.7 Å². The van der Waals surface area contributed by atoms with Gasteiger partial charge in [-0.25, -0.2) is 17.5 Å². The van der Waals surface area contributed by atoms with Crippen LogP contribution < -0.4 is 10.2 Å². The summed E-state index contributed by atoms with van der Waals surface area (Å²) in [6.07, 6.45) is 0. The van der Waals surface area contributed by atoms with Gasteiger partial charge in [0.1, 0.15) is 0 Å². The van der Waals surface area contributed by atoms with E-state index in [2.05, 4.69) is 5.32 Å². The van der Waals surface area contributed by atoms with Crippen LogP contribution in [0.15, 0.2) is 23.1 Å². The summed E-state index contributed by atoms with van der Waals surface area (Å²) in [6, 6.07) is 4.14. The van der Waals surface area contributed by atoms with Crippen LogP contribution >= 0.6 is 0 Å². The van der Waals surface area contributed by atoms with Gasteiger partial charge in [-0.05, 0) is 25.2 Å². The number of likely N-dealkylation sites (N-methyl/N-ethyl adjacent to an activating group) is 2. The van der Waals surface area contributed by atoms with Crippen LogP contribution in [0.2, 0.25) is 0 Å². The lowest BCUT2D eigenvalue weighted by Gasteiger charge is -2.22. The highest BCUT2D eigenvalue weighted by atomic mass is 32.2. The van der Waals surface area contributed by atoms with Gasteiger partial charge in [0.2, 0.25) is 10.0 Å². The molecule has 118 valence electrons. The van der Waals surface area contributed by atoms with E-state index in [-0.39, 0.29) is 10.5 Å². The summed E-state index contributed by atoms with van der Waals surface area (Å²) < 4.78 is 25.2. The Balaban J connectivity index is 3.29. The van der Waals surface area contributed by atoms with Gasteiger partial charge in [-0.2, -0.15) is 0 Å². The second-order valence-electron chi connectivity index (χ2n) is 4.80. The third-order valence-electron chi connectivity index (χ3n) is 3.09. The molecule has 0 amide bonds. The predicted octanol–water partition coefficient (Wildman–Crippen LogP) is 0.291. The van der Waals surface area contributed by atoms with Crippen LogP contribution in [0.4, 0.5) is 5.69 Å². The molecule has 0 spiro atoms. The molecule has 0 aliphatic heterocycles. The van der Waals surface area contributed by atoms with Crippen molar-refractivity contribution in [2.75, 3.05) is 46.2 Å². The molecule has 21 heavy (non-hydrogen) atoms. The summed E-state index contributed by atoms with van der Waals surface area (Å²) in [5.41, 5.74) is 0.451. The van der Waals surface area contributed by atoms with Crippen LogP contribution in [0.5, 0.6) is 0 Å². The molecular formula is C13H21N3O4S. The number of rotatable bonds is 7. The second kappa shape index (κ2) is 6.88. The minimum absolute atomic E-state index is 0.0310. The summed E-state index contributed by atoms with van der Waals surface area (Å²) in [5.74, 6) is -1.16. The van der Waals surface area contributed by atoms with Gasteiger partial charge in [-0.3, -0.25) is 0 Å². The first-order chi connectivity index (χ1) is 9.71. The van der Waals surface area contributed by atoms with Crippen molar-refractivity contribution < 1.29 is 18.3 Å². The van der Waals surface area contributed by atoms with Crippen LogP contribution in [-0.2, 0) is 10.0 Å². The molecule has 0 atom stereocenters. The number of nitrogens with zero attached hydrogens (tertiary/aromatic N) is 2. The summed E-state index contributed by atoms with van der Waals surface area (Å²) in [7, 11) is 2.73. The number of anilines is 1. The number of sulfonamides is 1. The van der Waals surface area contributed by atoms with Gasteiger partial charge in [0, 0.05) is 34.2 Å². The fourth-order valence-corrected chi connectivity index (χ4v) is 2.72. The van der Waals surface area contributed by atoms with Crippen LogP contribution in [0.3, 0.4) is 0 Å². The lowest BCUT2D eigenvalue weighted by molar-refractivity contribution is 0.0697. The van der Waals surface area contributed by atoms with E-state index in [0.717, 1.165) is 4.31 Å². The van der Waals surface area contributed by atoms with E-state index in [0.29, 0.717) is 18.8 Å². The molecule has 0 fully saturated rings. The maximum atomic E-state index is 12.1. The van der Waals surface area contributed by atoms with E-state index < -0.39 is 16.0 Å². The molecule has 0 radical (unpaired) electrons. The van der Waals surface area contributed by atoms with Crippen LogP contribution in [0.25, 0.3) is 0 Å².